The van der Waals surface area contributed by atoms with E-state index in [0.29, 0.717) is 24.4 Å². The molecule has 1 amide bonds. The molecule has 0 spiro atoms. The fraction of sp³-hybridized carbons (Fsp3) is 0.375. The van der Waals surface area contributed by atoms with Gasteiger partial charge in [0.15, 0.2) is 5.76 Å². The van der Waals surface area contributed by atoms with Crippen LogP contribution in [0.5, 0.6) is 0 Å². The molecule has 1 aromatic carbocycles. The van der Waals surface area contributed by atoms with Gasteiger partial charge in [-0.2, -0.15) is 0 Å². The minimum atomic E-state index is -0.332. The molecular weight excluding hydrogens is 270 g/mol. The molecule has 2 aromatic rings. The van der Waals surface area contributed by atoms with Crippen LogP contribution in [0.1, 0.15) is 29.5 Å². The lowest BCUT2D eigenvalue weighted by molar-refractivity contribution is -0.140. The Morgan fingerprint density at radius 3 is 2.71 bits per heavy atom. The van der Waals surface area contributed by atoms with E-state index < -0.39 is 0 Å². The third-order valence-corrected chi connectivity index (χ3v) is 3.37. The monoisotopic (exact) mass is 289 g/mol. The van der Waals surface area contributed by atoms with Crippen LogP contribution in [0.25, 0.3) is 11.0 Å². The molecule has 0 bridgehead atoms. The van der Waals surface area contributed by atoms with Crippen molar-refractivity contribution in [2.45, 2.75) is 20.3 Å². The Kier molecular flexibility index (Phi) is 4.62. The Morgan fingerprint density at radius 1 is 1.29 bits per heavy atom. The molecule has 1 aromatic heterocycles. The van der Waals surface area contributed by atoms with E-state index in [1.54, 1.807) is 11.0 Å². The fourth-order valence-electron chi connectivity index (χ4n) is 2.16. The van der Waals surface area contributed by atoms with E-state index in [1.807, 2.05) is 32.0 Å². The van der Waals surface area contributed by atoms with E-state index in [0.717, 1.165) is 10.9 Å². The van der Waals surface area contributed by atoms with Gasteiger partial charge in [-0.15, -0.1) is 0 Å². The molecule has 0 atom stereocenters. The number of rotatable bonds is 5. The summed E-state index contributed by atoms with van der Waals surface area (Å²) in [6, 6.07) is 7.51. The number of hydrogen-bond donors (Lipinski definition) is 0. The first-order chi connectivity index (χ1) is 10.0. The predicted molar refractivity (Wildman–Crippen MR) is 79.2 cm³/mol. The zero-order valence-corrected chi connectivity index (χ0v) is 12.5. The summed E-state index contributed by atoms with van der Waals surface area (Å²) in [4.78, 5) is 25.2. The van der Waals surface area contributed by atoms with E-state index in [9.17, 15) is 9.59 Å². The standard InChI is InChI=1S/C16H19NO4/c1-4-17(8-7-15(18)20-3)16(19)14-10-12-9-11(2)5-6-13(12)21-14/h5-6,9-10H,4,7-8H2,1-3H3. The van der Waals surface area contributed by atoms with Crippen molar-refractivity contribution in [2.24, 2.45) is 0 Å². The number of fused-ring (bicyclic) bond motifs is 1. The lowest BCUT2D eigenvalue weighted by atomic mass is 10.2. The van der Waals surface area contributed by atoms with Crippen LogP contribution in [-0.4, -0.2) is 37.0 Å². The second-order valence-corrected chi connectivity index (χ2v) is 4.86. The predicted octanol–water partition coefficient (Wildman–Crippen LogP) is 2.77. The van der Waals surface area contributed by atoms with Crippen molar-refractivity contribution in [1.29, 1.82) is 0 Å². The minimum Gasteiger partial charge on any atom is -0.469 e. The topological polar surface area (TPSA) is 59.8 Å². The van der Waals surface area contributed by atoms with Crippen LogP contribution in [-0.2, 0) is 9.53 Å². The van der Waals surface area contributed by atoms with Crippen LogP contribution in [0.2, 0.25) is 0 Å². The number of hydrogen-bond acceptors (Lipinski definition) is 4. The molecule has 0 unspecified atom stereocenters. The van der Waals surface area contributed by atoms with Gasteiger partial charge >= 0.3 is 5.97 Å². The number of aryl methyl sites for hydroxylation is 1. The maximum absolute atomic E-state index is 12.4. The summed E-state index contributed by atoms with van der Waals surface area (Å²) in [5.41, 5.74) is 1.80. The molecule has 21 heavy (non-hydrogen) atoms. The van der Waals surface area contributed by atoms with Crippen molar-refractivity contribution < 1.29 is 18.7 Å². The molecule has 0 N–H and O–H groups in total. The lowest BCUT2D eigenvalue weighted by Crippen LogP contribution is -2.32. The number of ether oxygens (including phenoxy) is 1. The Hall–Kier alpha value is -2.30. The quantitative estimate of drug-likeness (QED) is 0.794. The second-order valence-electron chi connectivity index (χ2n) is 4.86. The maximum atomic E-state index is 12.4. The number of benzene rings is 1. The maximum Gasteiger partial charge on any atom is 0.307 e. The number of carbonyl (C=O) groups is 2. The fourth-order valence-corrected chi connectivity index (χ4v) is 2.16. The molecule has 1 heterocycles. The first kappa shape index (κ1) is 15.1. The molecule has 0 aliphatic carbocycles. The number of esters is 1. The summed E-state index contributed by atoms with van der Waals surface area (Å²) in [5.74, 6) is -0.251. The highest BCUT2D eigenvalue weighted by molar-refractivity contribution is 5.96. The van der Waals surface area contributed by atoms with Gasteiger partial charge in [-0.1, -0.05) is 11.6 Å². The Morgan fingerprint density at radius 2 is 2.05 bits per heavy atom. The number of methoxy groups -OCH3 is 1. The Bertz CT molecular complexity index is 659. The smallest absolute Gasteiger partial charge is 0.307 e. The van der Waals surface area contributed by atoms with Crippen LogP contribution < -0.4 is 0 Å². The third-order valence-electron chi connectivity index (χ3n) is 3.37. The van der Waals surface area contributed by atoms with Crippen molar-refractivity contribution in [1.82, 2.24) is 4.90 Å². The minimum absolute atomic E-state index is 0.176. The average molecular weight is 289 g/mol. The van der Waals surface area contributed by atoms with E-state index in [-0.39, 0.29) is 18.3 Å². The van der Waals surface area contributed by atoms with Crippen molar-refractivity contribution in [2.75, 3.05) is 20.2 Å². The van der Waals surface area contributed by atoms with Crippen molar-refractivity contribution in [3.63, 3.8) is 0 Å². The van der Waals surface area contributed by atoms with Crippen LogP contribution in [0.4, 0.5) is 0 Å². The van der Waals surface area contributed by atoms with Gasteiger partial charge in [-0.25, -0.2) is 0 Å². The van der Waals surface area contributed by atoms with Gasteiger partial charge in [-0.3, -0.25) is 9.59 Å². The van der Waals surface area contributed by atoms with Gasteiger partial charge in [-0.05, 0) is 32.0 Å². The molecule has 112 valence electrons. The Balaban J connectivity index is 2.17. The van der Waals surface area contributed by atoms with Crippen LogP contribution in [0.3, 0.4) is 0 Å². The van der Waals surface area contributed by atoms with Gasteiger partial charge < -0.3 is 14.1 Å². The van der Waals surface area contributed by atoms with Crippen molar-refractivity contribution >= 4 is 22.8 Å². The highest BCUT2D eigenvalue weighted by atomic mass is 16.5. The van der Waals surface area contributed by atoms with Gasteiger partial charge in [0, 0.05) is 18.5 Å². The second kappa shape index (κ2) is 6.43. The SMILES string of the molecule is CCN(CCC(=O)OC)C(=O)c1cc2cc(C)ccc2o1. The summed E-state index contributed by atoms with van der Waals surface area (Å²) in [6.07, 6.45) is 0.176. The first-order valence-corrected chi connectivity index (χ1v) is 6.91. The van der Waals surface area contributed by atoms with Gasteiger partial charge in [0.05, 0.1) is 13.5 Å². The van der Waals surface area contributed by atoms with Crippen LogP contribution >= 0.6 is 0 Å². The summed E-state index contributed by atoms with van der Waals surface area (Å²) < 4.78 is 10.2. The highest BCUT2D eigenvalue weighted by Crippen LogP contribution is 2.21. The van der Waals surface area contributed by atoms with Gasteiger partial charge in [0.2, 0.25) is 0 Å². The first-order valence-electron chi connectivity index (χ1n) is 6.91. The summed E-state index contributed by atoms with van der Waals surface area (Å²) >= 11 is 0. The number of carbonyl (C=O) groups excluding carboxylic acids is 2. The highest BCUT2D eigenvalue weighted by Gasteiger charge is 2.19. The van der Waals surface area contributed by atoms with E-state index in [1.165, 1.54) is 7.11 Å². The summed E-state index contributed by atoms with van der Waals surface area (Å²) in [7, 11) is 1.34. The largest absolute Gasteiger partial charge is 0.469 e. The third kappa shape index (κ3) is 3.42. The average Bonchev–Trinajstić information content (AvgIpc) is 2.90. The zero-order valence-electron chi connectivity index (χ0n) is 12.5. The normalized spacial score (nSPS) is 10.6. The molecule has 2 rings (SSSR count). The van der Waals surface area contributed by atoms with Crippen LogP contribution in [0.15, 0.2) is 28.7 Å². The lowest BCUT2D eigenvalue weighted by Gasteiger charge is -2.18. The van der Waals surface area contributed by atoms with E-state index >= 15 is 0 Å². The molecule has 0 aliphatic heterocycles. The molecular formula is C16H19NO4. The van der Waals surface area contributed by atoms with Gasteiger partial charge in [0.25, 0.3) is 5.91 Å². The molecule has 0 fully saturated rings. The number of furan rings is 1. The van der Waals surface area contributed by atoms with E-state index in [4.69, 9.17) is 4.42 Å². The summed E-state index contributed by atoms with van der Waals surface area (Å²) in [5, 5.41) is 0.905. The van der Waals surface area contributed by atoms with Crippen molar-refractivity contribution in [3.05, 3.63) is 35.6 Å². The molecule has 0 saturated heterocycles. The van der Waals surface area contributed by atoms with E-state index in [2.05, 4.69) is 4.74 Å². The molecule has 0 aliphatic rings. The summed E-state index contributed by atoms with van der Waals surface area (Å²) in [6.45, 7) is 4.68. The van der Waals surface area contributed by atoms with Gasteiger partial charge in [0.1, 0.15) is 5.58 Å². The van der Waals surface area contributed by atoms with Crippen LogP contribution in [0, 0.1) is 6.92 Å². The zero-order chi connectivity index (χ0) is 15.4. The van der Waals surface area contributed by atoms with Crippen molar-refractivity contribution in [3.8, 4) is 0 Å². The number of amides is 1. The molecule has 5 heteroatoms. The molecule has 0 saturated carbocycles. The Labute approximate surface area is 123 Å². The number of nitrogens with zero attached hydrogens (tertiary/aromatic N) is 1. The molecule has 0 radical (unpaired) electrons. The molecule has 5 nitrogen and oxygen atoms in total.